The lowest BCUT2D eigenvalue weighted by Crippen LogP contribution is -2.21. The van der Waals surface area contributed by atoms with Gasteiger partial charge in [0.1, 0.15) is 0 Å². The van der Waals surface area contributed by atoms with Crippen molar-refractivity contribution in [2.24, 2.45) is 5.92 Å². The molecule has 1 aliphatic rings. The molecule has 1 saturated carbocycles. The van der Waals surface area contributed by atoms with Crippen LogP contribution < -0.4 is 10.6 Å². The van der Waals surface area contributed by atoms with Crippen LogP contribution >= 0.6 is 11.6 Å². The van der Waals surface area contributed by atoms with E-state index in [0.717, 1.165) is 18.9 Å². The van der Waals surface area contributed by atoms with Gasteiger partial charge in [-0.15, -0.1) is 0 Å². The molecule has 5 nitrogen and oxygen atoms in total. The van der Waals surface area contributed by atoms with E-state index in [9.17, 15) is 0 Å². The Morgan fingerprint density at radius 1 is 1.10 bits per heavy atom. The summed E-state index contributed by atoms with van der Waals surface area (Å²) in [5.74, 6) is 1.96. The van der Waals surface area contributed by atoms with Crippen molar-refractivity contribution in [3.05, 3.63) is 5.28 Å². The summed E-state index contributed by atoms with van der Waals surface area (Å²) in [5.41, 5.74) is 0. The highest BCUT2D eigenvalue weighted by Crippen LogP contribution is 2.24. The molecule has 2 atom stereocenters. The standard InChI is InChI=1S/C14H24ClN5/c1-3-9-16-13-18-12(15)19-14(20-13)17-11-6-4-5-10(2)7-8-11/h10-11H,3-9H2,1-2H3,(H2,16,17,18,19,20). The van der Waals surface area contributed by atoms with Gasteiger partial charge >= 0.3 is 0 Å². The van der Waals surface area contributed by atoms with Crippen molar-refractivity contribution < 1.29 is 0 Å². The number of halogens is 1. The van der Waals surface area contributed by atoms with E-state index in [1.54, 1.807) is 0 Å². The normalized spacial score (nSPS) is 23.1. The Morgan fingerprint density at radius 3 is 2.70 bits per heavy atom. The molecule has 1 fully saturated rings. The van der Waals surface area contributed by atoms with Crippen LogP contribution in [-0.2, 0) is 0 Å². The maximum atomic E-state index is 5.96. The van der Waals surface area contributed by atoms with Crippen LogP contribution in [0, 0.1) is 5.92 Å². The number of anilines is 2. The first-order valence-electron chi connectivity index (χ1n) is 7.59. The Morgan fingerprint density at radius 2 is 1.90 bits per heavy atom. The lowest BCUT2D eigenvalue weighted by atomic mass is 10.0. The summed E-state index contributed by atoms with van der Waals surface area (Å²) < 4.78 is 0. The molecule has 1 aromatic rings. The van der Waals surface area contributed by atoms with E-state index in [-0.39, 0.29) is 5.28 Å². The molecule has 20 heavy (non-hydrogen) atoms. The molecule has 0 aliphatic heterocycles. The van der Waals surface area contributed by atoms with Gasteiger partial charge in [0.25, 0.3) is 0 Å². The van der Waals surface area contributed by atoms with E-state index in [2.05, 4.69) is 39.4 Å². The van der Waals surface area contributed by atoms with Crippen LogP contribution in [0.5, 0.6) is 0 Å². The number of aromatic nitrogens is 3. The minimum Gasteiger partial charge on any atom is -0.354 e. The van der Waals surface area contributed by atoms with Gasteiger partial charge < -0.3 is 10.6 Å². The maximum absolute atomic E-state index is 5.96. The lowest BCUT2D eigenvalue weighted by Gasteiger charge is -2.16. The Balaban J connectivity index is 1.98. The highest BCUT2D eigenvalue weighted by atomic mass is 35.5. The van der Waals surface area contributed by atoms with Gasteiger partial charge in [-0.25, -0.2) is 0 Å². The van der Waals surface area contributed by atoms with Crippen LogP contribution in [-0.4, -0.2) is 27.5 Å². The van der Waals surface area contributed by atoms with E-state index >= 15 is 0 Å². The third kappa shape index (κ3) is 4.78. The topological polar surface area (TPSA) is 62.7 Å². The Kier molecular flexibility index (Phi) is 5.83. The van der Waals surface area contributed by atoms with Crippen LogP contribution in [0.1, 0.15) is 52.4 Å². The molecular weight excluding hydrogens is 274 g/mol. The zero-order chi connectivity index (χ0) is 14.4. The minimum atomic E-state index is 0.239. The zero-order valence-corrected chi connectivity index (χ0v) is 13.1. The molecule has 2 unspecified atom stereocenters. The molecule has 0 aromatic carbocycles. The number of hydrogen-bond acceptors (Lipinski definition) is 5. The van der Waals surface area contributed by atoms with Gasteiger partial charge in [0, 0.05) is 12.6 Å². The predicted molar refractivity (Wildman–Crippen MR) is 83.3 cm³/mol. The fourth-order valence-corrected chi connectivity index (χ4v) is 2.70. The fourth-order valence-electron chi connectivity index (χ4n) is 2.54. The second-order valence-electron chi connectivity index (χ2n) is 5.63. The minimum absolute atomic E-state index is 0.239. The molecule has 112 valence electrons. The van der Waals surface area contributed by atoms with Gasteiger partial charge in [0.05, 0.1) is 0 Å². The highest BCUT2D eigenvalue weighted by Gasteiger charge is 2.17. The molecule has 6 heteroatoms. The smallest absolute Gasteiger partial charge is 0.229 e. The van der Waals surface area contributed by atoms with E-state index in [1.807, 2.05) is 0 Å². The second kappa shape index (κ2) is 7.62. The first kappa shape index (κ1) is 15.3. The Hall–Kier alpha value is -1.10. The first-order valence-corrected chi connectivity index (χ1v) is 7.97. The van der Waals surface area contributed by atoms with Crippen molar-refractivity contribution in [1.82, 2.24) is 15.0 Å². The molecule has 1 aromatic heterocycles. The van der Waals surface area contributed by atoms with Gasteiger partial charge in [0.2, 0.25) is 17.2 Å². The first-order chi connectivity index (χ1) is 9.67. The average molecular weight is 298 g/mol. The van der Waals surface area contributed by atoms with Crippen LogP contribution in [0.15, 0.2) is 0 Å². The van der Waals surface area contributed by atoms with Crippen molar-refractivity contribution in [2.45, 2.75) is 58.4 Å². The quantitative estimate of drug-likeness (QED) is 0.811. The number of rotatable bonds is 5. The second-order valence-corrected chi connectivity index (χ2v) is 5.97. The van der Waals surface area contributed by atoms with Crippen molar-refractivity contribution in [3.63, 3.8) is 0 Å². The predicted octanol–water partition coefficient (Wildman–Crippen LogP) is 3.73. The maximum Gasteiger partial charge on any atom is 0.229 e. The van der Waals surface area contributed by atoms with Crippen LogP contribution in [0.2, 0.25) is 5.28 Å². The van der Waals surface area contributed by atoms with E-state index < -0.39 is 0 Å². The summed E-state index contributed by atoms with van der Waals surface area (Å²) in [6.07, 6.45) is 7.20. The molecule has 2 rings (SSSR count). The highest BCUT2D eigenvalue weighted by molar-refractivity contribution is 6.28. The third-order valence-electron chi connectivity index (χ3n) is 3.73. The summed E-state index contributed by atoms with van der Waals surface area (Å²) in [4.78, 5) is 12.7. The fraction of sp³-hybridized carbons (Fsp3) is 0.786. The summed E-state index contributed by atoms with van der Waals surface area (Å²) in [7, 11) is 0. The van der Waals surface area contributed by atoms with E-state index in [0.29, 0.717) is 17.9 Å². The molecule has 2 N–H and O–H groups in total. The summed E-state index contributed by atoms with van der Waals surface area (Å²) in [6, 6.07) is 0.442. The van der Waals surface area contributed by atoms with Crippen molar-refractivity contribution in [3.8, 4) is 0 Å². The molecule has 0 radical (unpaired) electrons. The molecular formula is C14H24ClN5. The Labute approximate surface area is 126 Å². The molecule has 0 spiro atoms. The average Bonchev–Trinajstić information content (AvgIpc) is 2.61. The summed E-state index contributed by atoms with van der Waals surface area (Å²) >= 11 is 5.96. The SMILES string of the molecule is CCCNc1nc(Cl)nc(NC2CCCC(C)CC2)n1. The van der Waals surface area contributed by atoms with Gasteiger partial charge in [0.15, 0.2) is 0 Å². The molecule has 1 aliphatic carbocycles. The van der Waals surface area contributed by atoms with Gasteiger partial charge in [-0.05, 0) is 43.2 Å². The van der Waals surface area contributed by atoms with Gasteiger partial charge in [-0.2, -0.15) is 15.0 Å². The van der Waals surface area contributed by atoms with E-state index in [4.69, 9.17) is 11.6 Å². The van der Waals surface area contributed by atoms with Crippen LogP contribution in [0.25, 0.3) is 0 Å². The number of nitrogens with zero attached hydrogens (tertiary/aromatic N) is 3. The molecule has 0 bridgehead atoms. The third-order valence-corrected chi connectivity index (χ3v) is 3.90. The summed E-state index contributed by atoms with van der Waals surface area (Å²) in [6.45, 7) is 5.26. The van der Waals surface area contributed by atoms with Gasteiger partial charge in [-0.1, -0.05) is 26.7 Å². The Bertz CT molecular complexity index is 426. The lowest BCUT2D eigenvalue weighted by molar-refractivity contribution is 0.501. The van der Waals surface area contributed by atoms with E-state index in [1.165, 1.54) is 32.1 Å². The molecule has 0 amide bonds. The van der Waals surface area contributed by atoms with Gasteiger partial charge in [-0.3, -0.25) is 0 Å². The van der Waals surface area contributed by atoms with Crippen molar-refractivity contribution >= 4 is 23.5 Å². The summed E-state index contributed by atoms with van der Waals surface area (Å²) in [5, 5.41) is 6.80. The zero-order valence-electron chi connectivity index (χ0n) is 12.3. The monoisotopic (exact) mass is 297 g/mol. The van der Waals surface area contributed by atoms with Crippen LogP contribution in [0.3, 0.4) is 0 Å². The van der Waals surface area contributed by atoms with Crippen LogP contribution in [0.4, 0.5) is 11.9 Å². The van der Waals surface area contributed by atoms with Crippen molar-refractivity contribution in [2.75, 3.05) is 17.2 Å². The largest absolute Gasteiger partial charge is 0.354 e. The number of hydrogen-bond donors (Lipinski definition) is 2. The number of nitrogens with one attached hydrogen (secondary N) is 2. The molecule has 1 heterocycles. The molecule has 0 saturated heterocycles. The van der Waals surface area contributed by atoms with Crippen molar-refractivity contribution in [1.29, 1.82) is 0 Å².